The average molecular weight is 330 g/mol. The monoisotopic (exact) mass is 330 g/mol. The van der Waals surface area contributed by atoms with Gasteiger partial charge in [0.25, 0.3) is 0 Å². The van der Waals surface area contributed by atoms with E-state index >= 15 is 0 Å². The number of nitrogens with zero attached hydrogens (tertiary/aromatic N) is 2. The fraction of sp³-hybridized carbons (Fsp3) is 0.556. The third-order valence-corrected chi connectivity index (χ3v) is 5.85. The number of rotatable bonds is 5. The zero-order valence-electron chi connectivity index (χ0n) is 14.0. The second kappa shape index (κ2) is 5.30. The van der Waals surface area contributed by atoms with E-state index in [1.165, 1.54) is 16.3 Å². The van der Waals surface area contributed by atoms with Crippen molar-refractivity contribution in [1.82, 2.24) is 9.13 Å². The summed E-state index contributed by atoms with van der Waals surface area (Å²) in [5, 5.41) is 20.0. The van der Waals surface area contributed by atoms with Crippen LogP contribution in [0.25, 0.3) is 0 Å². The first-order valence-corrected chi connectivity index (χ1v) is 8.11. The van der Waals surface area contributed by atoms with Crippen LogP contribution in [-0.2, 0) is 17.9 Å². The summed E-state index contributed by atoms with van der Waals surface area (Å²) in [5.41, 5.74) is -0.776. The molecule has 0 aromatic carbocycles. The number of imidazole rings is 1. The predicted molar refractivity (Wildman–Crippen MR) is 88.5 cm³/mol. The summed E-state index contributed by atoms with van der Waals surface area (Å²) in [5.74, 6) is 0.997. The zero-order valence-corrected chi connectivity index (χ0v) is 14.0. The molecule has 24 heavy (non-hydrogen) atoms. The van der Waals surface area contributed by atoms with Crippen LogP contribution in [0.2, 0.25) is 0 Å². The Balaban J connectivity index is 1.98. The molecule has 2 aliphatic rings. The van der Waals surface area contributed by atoms with Gasteiger partial charge in [-0.1, -0.05) is 31.4 Å². The van der Waals surface area contributed by atoms with Crippen molar-refractivity contribution in [2.75, 3.05) is 0 Å². The second-order valence-corrected chi connectivity index (χ2v) is 7.34. The summed E-state index contributed by atoms with van der Waals surface area (Å²) in [7, 11) is 0. The average Bonchev–Trinajstić information content (AvgIpc) is 2.81. The first-order valence-electron chi connectivity index (χ1n) is 8.11. The van der Waals surface area contributed by atoms with Crippen LogP contribution in [0.4, 0.5) is 0 Å². The SMILES string of the molecule is C#CCn1cc(O)n(C[C@@]2(C(=O)O)[C@@H](C=C3CCC3)C2(C)C)c1=O. The molecule has 0 saturated heterocycles. The molecule has 0 amide bonds. The summed E-state index contributed by atoms with van der Waals surface area (Å²) in [4.78, 5) is 24.5. The van der Waals surface area contributed by atoms with Crippen molar-refractivity contribution in [3.8, 4) is 18.2 Å². The standard InChI is InChI=1S/C18H22N2O4/c1-4-8-19-10-14(21)20(16(19)24)11-18(15(22)23)13(17(18,2)3)9-12-6-5-7-12/h1,9-10,13,21H,5-8,11H2,2-3H3,(H,22,23)/t13-,18-/m0/s1. The molecule has 0 radical (unpaired) electrons. The van der Waals surface area contributed by atoms with Crippen LogP contribution < -0.4 is 5.69 Å². The van der Waals surface area contributed by atoms with Crippen LogP contribution in [-0.4, -0.2) is 25.3 Å². The lowest BCUT2D eigenvalue weighted by Gasteiger charge is -2.17. The van der Waals surface area contributed by atoms with Crippen molar-refractivity contribution >= 4 is 5.97 Å². The first-order chi connectivity index (χ1) is 11.3. The van der Waals surface area contributed by atoms with Crippen molar-refractivity contribution in [2.24, 2.45) is 16.7 Å². The molecule has 2 aliphatic carbocycles. The number of aromatic hydroxyl groups is 1. The number of terminal acetylenes is 1. The third kappa shape index (κ3) is 2.11. The molecule has 3 rings (SSSR count). The Kier molecular flexibility index (Phi) is 3.63. The van der Waals surface area contributed by atoms with E-state index in [-0.39, 0.29) is 24.9 Å². The van der Waals surface area contributed by atoms with E-state index in [9.17, 15) is 19.8 Å². The van der Waals surface area contributed by atoms with Crippen LogP contribution in [0, 0.1) is 29.1 Å². The normalized spacial score (nSPS) is 27.2. The Labute approximate surface area is 140 Å². The maximum absolute atomic E-state index is 12.4. The molecule has 2 fully saturated rings. The van der Waals surface area contributed by atoms with E-state index in [1.807, 2.05) is 13.8 Å². The Morgan fingerprint density at radius 3 is 2.67 bits per heavy atom. The number of carboxylic acid groups (broad SMARTS) is 1. The molecular formula is C18H22N2O4. The van der Waals surface area contributed by atoms with Crippen molar-refractivity contribution in [2.45, 2.75) is 46.2 Å². The number of carbonyl (C=O) groups is 1. The fourth-order valence-corrected chi connectivity index (χ4v) is 3.93. The minimum Gasteiger partial charge on any atom is -0.493 e. The quantitative estimate of drug-likeness (QED) is 0.637. The maximum Gasteiger partial charge on any atom is 0.331 e. The Morgan fingerprint density at radius 1 is 1.50 bits per heavy atom. The number of hydrogen-bond donors (Lipinski definition) is 2. The number of carboxylic acids is 1. The molecule has 2 saturated carbocycles. The van der Waals surface area contributed by atoms with Crippen LogP contribution in [0.3, 0.4) is 0 Å². The van der Waals surface area contributed by atoms with Gasteiger partial charge >= 0.3 is 11.7 Å². The summed E-state index contributed by atoms with van der Waals surface area (Å²) in [6.07, 6.45) is 11.7. The molecule has 2 atom stereocenters. The van der Waals surface area contributed by atoms with E-state index in [2.05, 4.69) is 12.0 Å². The van der Waals surface area contributed by atoms with Gasteiger partial charge in [0.05, 0.1) is 18.2 Å². The highest BCUT2D eigenvalue weighted by molar-refractivity contribution is 5.81. The first kappa shape index (κ1) is 16.4. The van der Waals surface area contributed by atoms with Gasteiger partial charge in [0, 0.05) is 12.5 Å². The molecule has 0 unspecified atom stereocenters. The second-order valence-electron chi connectivity index (χ2n) is 7.34. The van der Waals surface area contributed by atoms with Crippen LogP contribution >= 0.6 is 0 Å². The molecule has 1 aromatic heterocycles. The Morgan fingerprint density at radius 2 is 2.17 bits per heavy atom. The van der Waals surface area contributed by atoms with E-state index in [1.54, 1.807) is 0 Å². The highest BCUT2D eigenvalue weighted by Gasteiger charge is 2.75. The van der Waals surface area contributed by atoms with Gasteiger partial charge in [0.1, 0.15) is 0 Å². The Bertz CT molecular complexity index is 815. The van der Waals surface area contributed by atoms with Crippen LogP contribution in [0.15, 0.2) is 22.6 Å². The summed E-state index contributed by atoms with van der Waals surface area (Å²) < 4.78 is 2.33. The number of hydrogen-bond acceptors (Lipinski definition) is 3. The lowest BCUT2D eigenvalue weighted by Crippen LogP contribution is -2.33. The molecule has 1 heterocycles. The number of allylic oxidation sites excluding steroid dienone is 2. The highest BCUT2D eigenvalue weighted by atomic mass is 16.4. The highest BCUT2D eigenvalue weighted by Crippen LogP contribution is 2.71. The van der Waals surface area contributed by atoms with Gasteiger partial charge in [-0.05, 0) is 24.7 Å². The lowest BCUT2D eigenvalue weighted by atomic mass is 9.90. The molecule has 0 spiro atoms. The molecule has 6 nitrogen and oxygen atoms in total. The van der Waals surface area contributed by atoms with Crippen molar-refractivity contribution in [3.63, 3.8) is 0 Å². The summed E-state index contributed by atoms with van der Waals surface area (Å²) in [6.45, 7) is 3.78. The van der Waals surface area contributed by atoms with Crippen LogP contribution in [0.1, 0.15) is 33.1 Å². The molecule has 0 bridgehead atoms. The van der Waals surface area contributed by atoms with E-state index in [0.29, 0.717) is 0 Å². The number of aromatic nitrogens is 2. The minimum absolute atomic E-state index is 0.0380. The predicted octanol–water partition coefficient (Wildman–Crippen LogP) is 1.83. The zero-order chi connectivity index (χ0) is 17.7. The van der Waals surface area contributed by atoms with E-state index < -0.39 is 22.5 Å². The van der Waals surface area contributed by atoms with E-state index in [0.717, 1.165) is 23.8 Å². The summed E-state index contributed by atoms with van der Waals surface area (Å²) >= 11 is 0. The van der Waals surface area contributed by atoms with Gasteiger partial charge in [-0.2, -0.15) is 0 Å². The summed E-state index contributed by atoms with van der Waals surface area (Å²) in [6, 6.07) is 0. The van der Waals surface area contributed by atoms with Gasteiger partial charge in [0.2, 0.25) is 5.88 Å². The van der Waals surface area contributed by atoms with Gasteiger partial charge < -0.3 is 10.2 Å². The number of aliphatic carboxylic acids is 1. The molecule has 128 valence electrons. The molecule has 1 aromatic rings. The van der Waals surface area contributed by atoms with Gasteiger partial charge in [-0.25, -0.2) is 4.79 Å². The van der Waals surface area contributed by atoms with Crippen molar-refractivity contribution < 1.29 is 15.0 Å². The Hall–Kier alpha value is -2.42. The molecule has 6 heteroatoms. The lowest BCUT2D eigenvalue weighted by molar-refractivity contribution is -0.145. The van der Waals surface area contributed by atoms with Crippen LogP contribution in [0.5, 0.6) is 5.88 Å². The van der Waals surface area contributed by atoms with E-state index in [4.69, 9.17) is 6.42 Å². The van der Waals surface area contributed by atoms with Gasteiger partial charge in [0.15, 0.2) is 0 Å². The largest absolute Gasteiger partial charge is 0.493 e. The third-order valence-electron chi connectivity index (χ3n) is 5.85. The maximum atomic E-state index is 12.4. The fourth-order valence-electron chi connectivity index (χ4n) is 3.93. The van der Waals surface area contributed by atoms with Gasteiger partial charge in [-0.3, -0.25) is 13.9 Å². The van der Waals surface area contributed by atoms with Gasteiger partial charge in [-0.15, -0.1) is 6.42 Å². The molecule has 2 N–H and O–H groups in total. The molecular weight excluding hydrogens is 308 g/mol. The smallest absolute Gasteiger partial charge is 0.331 e. The topological polar surface area (TPSA) is 84.5 Å². The molecule has 0 aliphatic heterocycles. The minimum atomic E-state index is -1.10. The van der Waals surface area contributed by atoms with Crippen molar-refractivity contribution in [1.29, 1.82) is 0 Å². The van der Waals surface area contributed by atoms with Crippen molar-refractivity contribution in [3.05, 3.63) is 28.3 Å².